The third kappa shape index (κ3) is 5.24. The molecule has 176 valence electrons. The van der Waals surface area contributed by atoms with Gasteiger partial charge in [0.05, 0.1) is 19.0 Å². The van der Waals surface area contributed by atoms with E-state index in [4.69, 9.17) is 10.5 Å². The van der Waals surface area contributed by atoms with Gasteiger partial charge in [-0.05, 0) is 36.0 Å². The van der Waals surface area contributed by atoms with E-state index >= 15 is 0 Å². The summed E-state index contributed by atoms with van der Waals surface area (Å²) in [6, 6.07) is 13.1. The maximum absolute atomic E-state index is 13.4. The topological polar surface area (TPSA) is 110 Å². The zero-order valence-electron chi connectivity index (χ0n) is 17.8. The van der Waals surface area contributed by atoms with E-state index in [1.54, 1.807) is 12.1 Å². The first-order chi connectivity index (χ1) is 15.3. The van der Waals surface area contributed by atoms with Gasteiger partial charge in [0.2, 0.25) is 0 Å². The molecule has 2 atom stereocenters. The SMILES string of the molecule is NCc1ccc(S(=O)(=O)CC2CC(c3ccccc3)CN(S(=O)(=O)N3CCOCC3)C2)s1. The number of hydrogen-bond acceptors (Lipinski definition) is 7. The Balaban J connectivity index is 1.59. The van der Waals surface area contributed by atoms with Crippen molar-refractivity contribution in [3.63, 3.8) is 0 Å². The number of ether oxygens (including phenoxy) is 1. The van der Waals surface area contributed by atoms with Crippen molar-refractivity contribution < 1.29 is 21.6 Å². The Kier molecular flexibility index (Phi) is 7.35. The van der Waals surface area contributed by atoms with Crippen molar-refractivity contribution in [3.8, 4) is 0 Å². The standard InChI is InChI=1S/C21H29N3O5S3/c22-13-20-6-7-21(30-20)31(25,26)16-17-12-19(18-4-2-1-3-5-18)15-24(14-17)32(27,28)23-8-10-29-11-9-23/h1-7,17,19H,8-16,22H2. The van der Waals surface area contributed by atoms with Gasteiger partial charge in [-0.15, -0.1) is 11.3 Å². The molecule has 4 rings (SSSR count). The van der Waals surface area contributed by atoms with E-state index in [1.807, 2.05) is 30.3 Å². The largest absolute Gasteiger partial charge is 0.379 e. The van der Waals surface area contributed by atoms with Crippen LogP contribution in [0.25, 0.3) is 0 Å². The maximum Gasteiger partial charge on any atom is 0.282 e. The van der Waals surface area contributed by atoms with Crippen LogP contribution in [0, 0.1) is 5.92 Å². The number of piperidine rings is 1. The van der Waals surface area contributed by atoms with E-state index in [9.17, 15) is 16.8 Å². The Bertz CT molecular complexity index is 1110. The molecule has 0 bridgehead atoms. The minimum Gasteiger partial charge on any atom is -0.379 e. The molecule has 2 aliphatic rings. The molecule has 2 unspecified atom stereocenters. The number of sulfone groups is 1. The number of rotatable bonds is 7. The predicted octanol–water partition coefficient (Wildman–Crippen LogP) is 1.66. The highest BCUT2D eigenvalue weighted by atomic mass is 32.2. The van der Waals surface area contributed by atoms with Crippen molar-refractivity contribution in [2.45, 2.75) is 23.1 Å². The molecular weight excluding hydrogens is 470 g/mol. The Morgan fingerprint density at radius 1 is 0.969 bits per heavy atom. The molecule has 0 saturated carbocycles. The predicted molar refractivity (Wildman–Crippen MR) is 124 cm³/mol. The smallest absolute Gasteiger partial charge is 0.282 e. The Hall–Kier alpha value is -1.34. The molecule has 3 heterocycles. The Morgan fingerprint density at radius 3 is 2.34 bits per heavy atom. The van der Waals surface area contributed by atoms with Crippen LogP contribution < -0.4 is 5.73 Å². The molecule has 2 N–H and O–H groups in total. The zero-order valence-corrected chi connectivity index (χ0v) is 20.2. The van der Waals surface area contributed by atoms with E-state index in [-0.39, 0.29) is 24.1 Å². The first kappa shape index (κ1) is 23.8. The summed E-state index contributed by atoms with van der Waals surface area (Å²) in [6.07, 6.45) is 0.619. The van der Waals surface area contributed by atoms with Gasteiger partial charge >= 0.3 is 0 Å². The van der Waals surface area contributed by atoms with E-state index in [0.717, 1.165) is 10.4 Å². The molecule has 8 nitrogen and oxygen atoms in total. The lowest BCUT2D eigenvalue weighted by Gasteiger charge is -2.40. The summed E-state index contributed by atoms with van der Waals surface area (Å²) in [6.45, 7) is 2.20. The molecule has 2 fully saturated rings. The molecule has 0 radical (unpaired) electrons. The van der Waals surface area contributed by atoms with Gasteiger partial charge in [-0.25, -0.2) is 8.42 Å². The van der Waals surface area contributed by atoms with Gasteiger partial charge in [-0.3, -0.25) is 0 Å². The van der Waals surface area contributed by atoms with Gasteiger partial charge in [-0.1, -0.05) is 30.3 Å². The molecular formula is C21H29N3O5S3. The van der Waals surface area contributed by atoms with Crippen LogP contribution >= 0.6 is 11.3 Å². The van der Waals surface area contributed by atoms with Gasteiger partial charge in [-0.2, -0.15) is 17.0 Å². The summed E-state index contributed by atoms with van der Waals surface area (Å²) in [4.78, 5) is 0.811. The van der Waals surface area contributed by atoms with Crippen molar-refractivity contribution in [2.75, 3.05) is 45.1 Å². The average Bonchev–Trinajstić information content (AvgIpc) is 3.30. The lowest BCUT2D eigenvalue weighted by atomic mass is 9.86. The fourth-order valence-corrected chi connectivity index (χ4v) is 9.06. The van der Waals surface area contributed by atoms with Crippen LogP contribution in [-0.2, 0) is 31.3 Å². The highest BCUT2D eigenvalue weighted by Gasteiger charge is 2.39. The molecule has 32 heavy (non-hydrogen) atoms. The zero-order chi connectivity index (χ0) is 22.8. The van der Waals surface area contributed by atoms with E-state index < -0.39 is 20.0 Å². The highest BCUT2D eigenvalue weighted by Crippen LogP contribution is 2.35. The first-order valence-electron chi connectivity index (χ1n) is 10.7. The normalized spacial score (nSPS) is 23.9. The number of morpholine rings is 1. The van der Waals surface area contributed by atoms with Crippen molar-refractivity contribution >= 4 is 31.4 Å². The minimum atomic E-state index is -3.70. The van der Waals surface area contributed by atoms with Gasteiger partial charge in [0.15, 0.2) is 9.84 Å². The molecule has 2 aromatic rings. The second-order valence-corrected chi connectivity index (χ2v) is 13.6. The molecule has 0 aliphatic carbocycles. The van der Waals surface area contributed by atoms with Crippen LogP contribution in [0.5, 0.6) is 0 Å². The summed E-state index contributed by atoms with van der Waals surface area (Å²) < 4.78 is 61.5. The van der Waals surface area contributed by atoms with Crippen molar-refractivity contribution in [1.82, 2.24) is 8.61 Å². The third-order valence-electron chi connectivity index (χ3n) is 6.00. The highest BCUT2D eigenvalue weighted by molar-refractivity contribution is 7.93. The van der Waals surface area contributed by atoms with Crippen molar-refractivity contribution in [1.29, 1.82) is 0 Å². The van der Waals surface area contributed by atoms with Gasteiger partial charge in [0.25, 0.3) is 10.2 Å². The van der Waals surface area contributed by atoms with Crippen LogP contribution in [-0.4, -0.2) is 70.6 Å². The second kappa shape index (κ2) is 9.88. The van der Waals surface area contributed by atoms with Crippen LogP contribution in [0.2, 0.25) is 0 Å². The van der Waals surface area contributed by atoms with Crippen LogP contribution in [0.15, 0.2) is 46.7 Å². The van der Waals surface area contributed by atoms with Gasteiger partial charge < -0.3 is 10.5 Å². The monoisotopic (exact) mass is 499 g/mol. The fourth-order valence-electron chi connectivity index (χ4n) is 4.40. The summed E-state index contributed by atoms with van der Waals surface area (Å²) >= 11 is 1.19. The van der Waals surface area contributed by atoms with Crippen molar-refractivity contribution in [2.24, 2.45) is 11.7 Å². The molecule has 0 amide bonds. The van der Waals surface area contributed by atoms with Crippen LogP contribution in [0.1, 0.15) is 22.8 Å². The lowest BCUT2D eigenvalue weighted by molar-refractivity contribution is 0.0689. The molecule has 0 spiro atoms. The van der Waals surface area contributed by atoms with Gasteiger partial charge in [0.1, 0.15) is 4.21 Å². The summed E-state index contributed by atoms with van der Waals surface area (Å²) in [5.41, 5.74) is 6.67. The molecule has 1 aromatic carbocycles. The quantitative estimate of drug-likeness (QED) is 0.621. The number of nitrogens with two attached hydrogens (primary N) is 1. The molecule has 2 aliphatic heterocycles. The third-order valence-corrected chi connectivity index (χ3v) is 11.5. The molecule has 1 aromatic heterocycles. The number of benzene rings is 1. The number of nitrogens with zero attached hydrogens (tertiary/aromatic N) is 2. The van der Waals surface area contributed by atoms with E-state index in [1.165, 1.54) is 19.9 Å². The Morgan fingerprint density at radius 2 is 1.69 bits per heavy atom. The minimum absolute atomic E-state index is 0.0658. The summed E-state index contributed by atoms with van der Waals surface area (Å²) in [5.74, 6) is -0.460. The van der Waals surface area contributed by atoms with Crippen molar-refractivity contribution in [3.05, 3.63) is 52.9 Å². The Labute approximate surface area is 194 Å². The van der Waals surface area contributed by atoms with E-state index in [0.29, 0.717) is 50.0 Å². The number of hydrogen-bond donors (Lipinski definition) is 1. The van der Waals surface area contributed by atoms with Gasteiger partial charge in [0, 0.05) is 37.6 Å². The lowest BCUT2D eigenvalue weighted by Crippen LogP contribution is -2.53. The van der Waals surface area contributed by atoms with Crippen LogP contribution in [0.4, 0.5) is 0 Å². The maximum atomic E-state index is 13.4. The summed E-state index contributed by atoms with van der Waals surface area (Å²) in [5, 5.41) is 0. The molecule has 11 heteroatoms. The summed E-state index contributed by atoms with van der Waals surface area (Å²) in [7, 11) is -7.24. The first-order valence-corrected chi connectivity index (χ1v) is 14.6. The van der Waals surface area contributed by atoms with E-state index in [2.05, 4.69) is 0 Å². The average molecular weight is 500 g/mol. The number of thiophene rings is 1. The fraction of sp³-hybridized carbons (Fsp3) is 0.524. The molecule has 2 saturated heterocycles. The van der Waals surface area contributed by atoms with Crippen LogP contribution in [0.3, 0.4) is 0 Å². The second-order valence-electron chi connectivity index (χ2n) is 8.25.